The summed E-state index contributed by atoms with van der Waals surface area (Å²) < 4.78 is 16.0. The van der Waals surface area contributed by atoms with Gasteiger partial charge in [-0.15, -0.1) is 0 Å². The number of allylic oxidation sites excluding steroid dienone is 3. The van der Waals surface area contributed by atoms with Gasteiger partial charge < -0.3 is 0 Å². The maximum absolute atomic E-state index is 13.7. The van der Waals surface area contributed by atoms with E-state index < -0.39 is 7.26 Å². The Balaban J connectivity index is 1.14. The molecule has 202 valence electrons. The summed E-state index contributed by atoms with van der Waals surface area (Å²) in [4.78, 5) is 0. The summed E-state index contributed by atoms with van der Waals surface area (Å²) in [5.74, 6) is -0.179. The molecule has 41 heavy (non-hydrogen) atoms. The summed E-state index contributed by atoms with van der Waals surface area (Å²) in [6.07, 6.45) is 15.0. The molecular formula is C38H35FNP+2. The fourth-order valence-corrected chi connectivity index (χ4v) is 10.3. The van der Waals surface area contributed by atoms with Crippen LogP contribution >= 0.6 is 7.26 Å². The summed E-state index contributed by atoms with van der Waals surface area (Å²) >= 11 is 0. The number of hydrogen-bond acceptors (Lipinski definition) is 0. The molecule has 0 aliphatic heterocycles. The first-order chi connectivity index (χ1) is 20.2. The van der Waals surface area contributed by atoms with Gasteiger partial charge >= 0.3 is 0 Å². The number of nitrogens with zero attached hydrogens (tertiary/aromatic N) is 1. The van der Waals surface area contributed by atoms with Crippen molar-refractivity contribution in [1.82, 2.24) is 0 Å². The van der Waals surface area contributed by atoms with Crippen LogP contribution in [0.15, 0.2) is 146 Å². The summed E-state index contributed by atoms with van der Waals surface area (Å²) in [6, 6.07) is 42.8. The average Bonchev–Trinajstić information content (AvgIpc) is 3.44. The molecular weight excluding hydrogens is 520 g/mol. The number of rotatable bonds is 10. The fraction of sp³-hybridized carbons (Fsp3) is 0.132. The van der Waals surface area contributed by atoms with Gasteiger partial charge in [0, 0.05) is 18.6 Å². The van der Waals surface area contributed by atoms with Crippen molar-refractivity contribution in [3.63, 3.8) is 0 Å². The number of halogens is 1. The molecule has 0 bridgehead atoms. The molecule has 0 saturated heterocycles. The number of pyridine rings is 1. The van der Waals surface area contributed by atoms with Gasteiger partial charge in [0.15, 0.2) is 12.4 Å². The minimum absolute atomic E-state index is 0.179. The monoisotopic (exact) mass is 555 g/mol. The van der Waals surface area contributed by atoms with E-state index >= 15 is 0 Å². The first-order valence-electron chi connectivity index (χ1n) is 14.4. The van der Waals surface area contributed by atoms with Crippen LogP contribution in [0, 0.1) is 5.82 Å². The molecule has 0 atom stereocenters. The van der Waals surface area contributed by atoms with Crippen molar-refractivity contribution in [3.05, 3.63) is 168 Å². The standard InChI is InChI=1S/C38H35FNP/c39-34-23-22-33-21-20-32(38(33)30-34)19-18-31-24-27-40(28-25-31)26-10-11-29-41(35-12-4-1-5-13-35,36-14-6-2-7-15-36)37-16-8-3-9-17-37/h1-9,12-20,22-25,27-28,30H,10-11,21,26,29H2/q+2/b19-18+. The van der Waals surface area contributed by atoms with Crippen molar-refractivity contribution in [2.45, 2.75) is 25.8 Å². The van der Waals surface area contributed by atoms with Gasteiger partial charge in [0.05, 0.1) is 6.16 Å². The van der Waals surface area contributed by atoms with E-state index in [-0.39, 0.29) is 5.82 Å². The third kappa shape index (κ3) is 5.99. The van der Waals surface area contributed by atoms with Gasteiger partial charge in [-0.2, -0.15) is 0 Å². The first-order valence-corrected chi connectivity index (χ1v) is 16.4. The Morgan fingerprint density at radius 1 is 0.659 bits per heavy atom. The molecule has 0 saturated carbocycles. The summed E-state index contributed by atoms with van der Waals surface area (Å²) in [5, 5.41) is 4.34. The van der Waals surface area contributed by atoms with Crippen LogP contribution < -0.4 is 20.5 Å². The van der Waals surface area contributed by atoms with Crippen LogP contribution in [-0.2, 0) is 13.0 Å². The van der Waals surface area contributed by atoms with Crippen LogP contribution in [0.25, 0.3) is 11.6 Å². The number of benzene rings is 4. The van der Waals surface area contributed by atoms with E-state index in [4.69, 9.17) is 0 Å². The SMILES string of the molecule is Fc1ccc2c(c1)C(/C=C/c1cc[n+](CCCC[P+](c3ccccc3)(c3ccccc3)c3ccccc3)cc1)=CC2. The number of fused-ring (bicyclic) bond motifs is 1. The Labute approximate surface area is 243 Å². The minimum atomic E-state index is -1.78. The van der Waals surface area contributed by atoms with Crippen molar-refractivity contribution in [3.8, 4) is 0 Å². The van der Waals surface area contributed by atoms with Crippen molar-refractivity contribution in [1.29, 1.82) is 0 Å². The summed E-state index contributed by atoms with van der Waals surface area (Å²) in [5.41, 5.74) is 4.44. The number of aromatic nitrogens is 1. The molecule has 1 nitrogen and oxygen atoms in total. The molecule has 3 heteroatoms. The van der Waals surface area contributed by atoms with Crippen LogP contribution in [0.4, 0.5) is 4.39 Å². The van der Waals surface area contributed by atoms with E-state index in [9.17, 15) is 4.39 Å². The Morgan fingerprint density at radius 2 is 1.24 bits per heavy atom. The average molecular weight is 556 g/mol. The molecule has 4 aromatic carbocycles. The molecule has 1 aliphatic carbocycles. The molecule has 1 aromatic heterocycles. The Hall–Kier alpha value is -4.13. The van der Waals surface area contributed by atoms with E-state index in [0.717, 1.165) is 48.7 Å². The lowest BCUT2D eigenvalue weighted by Gasteiger charge is -2.27. The third-order valence-electron chi connectivity index (χ3n) is 8.05. The second kappa shape index (κ2) is 12.6. The molecule has 5 aromatic rings. The van der Waals surface area contributed by atoms with Crippen LogP contribution in [0.2, 0.25) is 0 Å². The van der Waals surface area contributed by atoms with Gasteiger partial charge in [0.1, 0.15) is 35.5 Å². The van der Waals surface area contributed by atoms with Gasteiger partial charge in [-0.05, 0) is 83.6 Å². The minimum Gasteiger partial charge on any atom is -0.207 e. The lowest BCUT2D eigenvalue weighted by Crippen LogP contribution is -2.35. The van der Waals surface area contributed by atoms with E-state index in [0.29, 0.717) is 0 Å². The van der Waals surface area contributed by atoms with Crippen LogP contribution in [0.1, 0.15) is 29.5 Å². The van der Waals surface area contributed by atoms with Crippen molar-refractivity contribution in [2.75, 3.05) is 6.16 Å². The zero-order valence-electron chi connectivity index (χ0n) is 23.2. The quantitative estimate of drug-likeness (QED) is 0.0952. The maximum Gasteiger partial charge on any atom is 0.169 e. The predicted molar refractivity (Wildman–Crippen MR) is 173 cm³/mol. The highest BCUT2D eigenvalue weighted by atomic mass is 31.2. The lowest BCUT2D eigenvalue weighted by molar-refractivity contribution is -0.697. The van der Waals surface area contributed by atoms with Gasteiger partial charge in [-0.1, -0.05) is 78.9 Å². The van der Waals surface area contributed by atoms with Crippen molar-refractivity contribution in [2.24, 2.45) is 0 Å². The number of aryl methyl sites for hydroxylation is 1. The Kier molecular flexibility index (Phi) is 8.31. The second-order valence-corrected chi connectivity index (χ2v) is 14.2. The van der Waals surface area contributed by atoms with Gasteiger partial charge in [0.25, 0.3) is 0 Å². The van der Waals surface area contributed by atoms with Gasteiger partial charge in [0.2, 0.25) is 0 Å². The van der Waals surface area contributed by atoms with Crippen molar-refractivity contribution >= 4 is 34.8 Å². The highest BCUT2D eigenvalue weighted by Gasteiger charge is 2.44. The topological polar surface area (TPSA) is 3.88 Å². The largest absolute Gasteiger partial charge is 0.207 e. The maximum atomic E-state index is 13.7. The molecule has 0 amide bonds. The van der Waals surface area contributed by atoms with E-state index in [1.54, 1.807) is 12.1 Å². The molecule has 1 heterocycles. The highest BCUT2D eigenvalue weighted by Crippen LogP contribution is 2.55. The molecule has 0 spiro atoms. The number of unbranched alkanes of at least 4 members (excludes halogenated alkanes) is 1. The zero-order chi connectivity index (χ0) is 27.9. The zero-order valence-corrected chi connectivity index (χ0v) is 24.1. The lowest BCUT2D eigenvalue weighted by atomic mass is 10.0. The van der Waals surface area contributed by atoms with Gasteiger partial charge in [-0.25, -0.2) is 8.96 Å². The Morgan fingerprint density at radius 3 is 1.83 bits per heavy atom. The first kappa shape index (κ1) is 27.1. The molecule has 0 N–H and O–H groups in total. The summed E-state index contributed by atoms with van der Waals surface area (Å²) in [6.45, 7) is 0.986. The summed E-state index contributed by atoms with van der Waals surface area (Å²) in [7, 11) is -1.78. The second-order valence-electron chi connectivity index (χ2n) is 10.6. The van der Waals surface area contributed by atoms with Crippen molar-refractivity contribution < 1.29 is 8.96 Å². The molecule has 6 rings (SSSR count). The molecule has 0 unspecified atom stereocenters. The van der Waals surface area contributed by atoms with Crippen LogP contribution in [-0.4, -0.2) is 6.16 Å². The van der Waals surface area contributed by atoms with Gasteiger partial charge in [-0.3, -0.25) is 0 Å². The molecule has 0 radical (unpaired) electrons. The fourth-order valence-electron chi connectivity index (χ4n) is 5.92. The van der Waals surface area contributed by atoms with E-state index in [2.05, 4.69) is 138 Å². The normalized spacial score (nSPS) is 12.9. The smallest absolute Gasteiger partial charge is 0.169 e. The molecule has 0 fully saturated rings. The predicted octanol–water partition coefficient (Wildman–Crippen LogP) is 7.54. The third-order valence-corrected chi connectivity index (χ3v) is 12.6. The molecule has 1 aliphatic rings. The highest BCUT2D eigenvalue weighted by molar-refractivity contribution is 7.95. The van der Waals surface area contributed by atoms with Crippen LogP contribution in [0.5, 0.6) is 0 Å². The number of hydrogen-bond donors (Lipinski definition) is 0. The van der Waals surface area contributed by atoms with Crippen LogP contribution in [0.3, 0.4) is 0 Å². The Bertz CT molecular complexity index is 1550. The van der Waals surface area contributed by atoms with E-state index in [1.165, 1.54) is 21.5 Å². The van der Waals surface area contributed by atoms with E-state index in [1.807, 2.05) is 6.07 Å².